The molecule has 1 atom stereocenters. The molecule has 2 aliphatic rings. The first kappa shape index (κ1) is 18.8. The molecule has 29 heavy (non-hydrogen) atoms. The molecule has 1 unspecified atom stereocenters. The Morgan fingerprint density at radius 2 is 1.72 bits per heavy atom. The highest BCUT2D eigenvalue weighted by Crippen LogP contribution is 2.46. The van der Waals surface area contributed by atoms with Crippen molar-refractivity contribution in [2.24, 2.45) is 0 Å². The number of amides is 1. The molecular weight excluding hydrogens is 381 g/mol. The number of hydrogen-bond acceptors (Lipinski definition) is 6. The van der Waals surface area contributed by atoms with E-state index in [4.69, 9.17) is 14.2 Å². The van der Waals surface area contributed by atoms with Crippen LogP contribution in [0.4, 0.5) is 10.1 Å². The second-order valence-corrected chi connectivity index (χ2v) is 6.67. The minimum Gasteiger partial charge on any atom is -0.502 e. The van der Waals surface area contributed by atoms with Crippen molar-refractivity contribution in [3.05, 3.63) is 59.0 Å². The Kier molecular flexibility index (Phi) is 4.62. The number of ether oxygens (including phenoxy) is 3. The molecule has 150 valence electrons. The van der Waals surface area contributed by atoms with Gasteiger partial charge in [0.15, 0.2) is 11.5 Å². The number of nitrogens with zero attached hydrogens (tertiary/aromatic N) is 1. The number of esters is 1. The number of cyclic esters (lactones) is 1. The van der Waals surface area contributed by atoms with Crippen molar-refractivity contribution >= 4 is 17.6 Å². The zero-order valence-electron chi connectivity index (χ0n) is 15.8. The molecule has 1 amide bonds. The largest absolute Gasteiger partial charge is 0.502 e. The number of hydrogen-bond donors (Lipinski definition) is 1. The van der Waals surface area contributed by atoms with Gasteiger partial charge in [-0.25, -0.2) is 9.18 Å². The zero-order valence-corrected chi connectivity index (χ0v) is 15.8. The molecule has 1 N–H and O–H groups in total. The van der Waals surface area contributed by atoms with Gasteiger partial charge in [-0.05, 0) is 42.0 Å². The highest BCUT2D eigenvalue weighted by molar-refractivity contribution is 6.06. The Bertz CT molecular complexity index is 1000. The highest BCUT2D eigenvalue weighted by atomic mass is 19.1. The van der Waals surface area contributed by atoms with Gasteiger partial charge in [0.2, 0.25) is 11.7 Å². The van der Waals surface area contributed by atoms with Crippen molar-refractivity contribution < 1.29 is 33.3 Å². The second kappa shape index (κ2) is 7.12. The van der Waals surface area contributed by atoms with Crippen LogP contribution in [0.2, 0.25) is 0 Å². The number of phenolic OH excluding ortho intramolecular Hbond substituents is 1. The Labute approximate surface area is 165 Å². The molecule has 0 aromatic heterocycles. The van der Waals surface area contributed by atoms with Crippen LogP contribution >= 0.6 is 0 Å². The molecule has 0 bridgehead atoms. The normalized spacial score (nSPS) is 18.6. The van der Waals surface area contributed by atoms with Crippen LogP contribution in [-0.2, 0) is 14.3 Å². The van der Waals surface area contributed by atoms with E-state index in [1.807, 2.05) is 0 Å². The van der Waals surface area contributed by atoms with Crippen LogP contribution < -0.4 is 14.4 Å². The van der Waals surface area contributed by atoms with E-state index in [0.29, 0.717) is 22.5 Å². The minimum absolute atomic E-state index is 0.0115. The molecule has 0 spiro atoms. The van der Waals surface area contributed by atoms with Gasteiger partial charge >= 0.3 is 5.97 Å². The summed E-state index contributed by atoms with van der Waals surface area (Å²) in [5.41, 5.74) is 1.81. The first-order valence-corrected chi connectivity index (χ1v) is 8.88. The topological polar surface area (TPSA) is 85.3 Å². The first-order valence-electron chi connectivity index (χ1n) is 8.88. The summed E-state index contributed by atoms with van der Waals surface area (Å²) < 4.78 is 28.9. The SMILES string of the molecule is COc1cc(C2CC(=O)N(c3ccc(F)cc3)C3=C2C(=O)OC3)cc(OC)c1O. The van der Waals surface area contributed by atoms with E-state index in [1.54, 1.807) is 12.1 Å². The van der Waals surface area contributed by atoms with Gasteiger partial charge in [-0.15, -0.1) is 0 Å². The lowest BCUT2D eigenvalue weighted by atomic mass is 9.83. The quantitative estimate of drug-likeness (QED) is 0.796. The molecule has 0 aliphatic carbocycles. The Morgan fingerprint density at radius 1 is 1.10 bits per heavy atom. The maximum absolute atomic E-state index is 13.3. The zero-order chi connectivity index (χ0) is 20.7. The summed E-state index contributed by atoms with van der Waals surface area (Å²) in [6.45, 7) is -0.0554. The number of halogens is 1. The van der Waals surface area contributed by atoms with Gasteiger partial charge in [0.25, 0.3) is 0 Å². The Morgan fingerprint density at radius 3 is 2.31 bits per heavy atom. The summed E-state index contributed by atoms with van der Waals surface area (Å²) in [5.74, 6) is -1.63. The number of anilines is 1. The summed E-state index contributed by atoms with van der Waals surface area (Å²) in [7, 11) is 2.80. The van der Waals surface area contributed by atoms with E-state index in [0.717, 1.165) is 0 Å². The molecule has 2 aromatic carbocycles. The lowest BCUT2D eigenvalue weighted by Gasteiger charge is -2.32. The summed E-state index contributed by atoms with van der Waals surface area (Å²) in [4.78, 5) is 26.9. The molecule has 2 aliphatic heterocycles. The average molecular weight is 399 g/mol. The first-order chi connectivity index (χ1) is 13.9. The van der Waals surface area contributed by atoms with Gasteiger partial charge < -0.3 is 19.3 Å². The van der Waals surface area contributed by atoms with Crippen molar-refractivity contribution in [1.29, 1.82) is 0 Å². The molecular formula is C21H18FNO6. The van der Waals surface area contributed by atoms with Crippen LogP contribution in [-0.4, -0.2) is 37.8 Å². The lowest BCUT2D eigenvalue weighted by Crippen LogP contribution is -2.37. The lowest BCUT2D eigenvalue weighted by molar-refractivity contribution is -0.136. The van der Waals surface area contributed by atoms with Crippen molar-refractivity contribution in [1.82, 2.24) is 0 Å². The predicted molar refractivity (Wildman–Crippen MR) is 100 cm³/mol. The number of aromatic hydroxyl groups is 1. The number of methoxy groups -OCH3 is 2. The third-order valence-corrected chi connectivity index (χ3v) is 5.11. The number of rotatable bonds is 4. The maximum atomic E-state index is 13.3. The molecule has 7 nitrogen and oxygen atoms in total. The number of benzene rings is 2. The number of carbonyl (C=O) groups is 2. The average Bonchev–Trinajstić information content (AvgIpc) is 3.10. The standard InChI is InChI=1S/C21H18FNO6/c1-27-16-7-11(8-17(28-2)20(16)25)14-9-18(24)23(13-5-3-12(22)4-6-13)15-10-29-21(26)19(14)15/h3-8,14,25H,9-10H2,1-2H3. The van der Waals surface area contributed by atoms with Crippen LogP contribution in [0.15, 0.2) is 47.7 Å². The van der Waals surface area contributed by atoms with E-state index < -0.39 is 17.7 Å². The summed E-state index contributed by atoms with van der Waals surface area (Å²) in [6, 6.07) is 8.60. The predicted octanol–water partition coefficient (Wildman–Crippen LogP) is 2.88. The summed E-state index contributed by atoms with van der Waals surface area (Å²) >= 11 is 0. The van der Waals surface area contributed by atoms with E-state index in [-0.39, 0.29) is 36.2 Å². The van der Waals surface area contributed by atoms with Gasteiger partial charge in [0.1, 0.15) is 12.4 Å². The fourth-order valence-corrected chi connectivity index (χ4v) is 3.74. The number of phenols is 1. The molecule has 4 rings (SSSR count). The third-order valence-electron chi connectivity index (χ3n) is 5.11. The van der Waals surface area contributed by atoms with Crippen molar-refractivity contribution in [3.8, 4) is 17.2 Å². The van der Waals surface area contributed by atoms with E-state index >= 15 is 0 Å². The van der Waals surface area contributed by atoms with E-state index in [2.05, 4.69) is 0 Å². The molecule has 8 heteroatoms. The van der Waals surface area contributed by atoms with Gasteiger partial charge in [-0.3, -0.25) is 9.69 Å². The van der Waals surface area contributed by atoms with Gasteiger partial charge in [0, 0.05) is 18.0 Å². The van der Waals surface area contributed by atoms with Gasteiger partial charge in [-0.2, -0.15) is 0 Å². The van der Waals surface area contributed by atoms with E-state index in [9.17, 15) is 19.1 Å². The maximum Gasteiger partial charge on any atom is 0.336 e. The Balaban J connectivity index is 1.84. The van der Waals surface area contributed by atoms with Crippen LogP contribution in [0.1, 0.15) is 17.9 Å². The summed E-state index contributed by atoms with van der Waals surface area (Å²) in [6.07, 6.45) is -0.0115. The summed E-state index contributed by atoms with van der Waals surface area (Å²) in [5, 5.41) is 10.2. The highest BCUT2D eigenvalue weighted by Gasteiger charge is 2.43. The fourth-order valence-electron chi connectivity index (χ4n) is 3.74. The monoisotopic (exact) mass is 399 g/mol. The van der Waals surface area contributed by atoms with Crippen molar-refractivity contribution in [2.45, 2.75) is 12.3 Å². The molecule has 0 saturated carbocycles. The van der Waals surface area contributed by atoms with E-state index in [1.165, 1.54) is 43.4 Å². The van der Waals surface area contributed by atoms with Gasteiger partial charge in [0.05, 0.1) is 25.5 Å². The fraction of sp³-hybridized carbons (Fsp3) is 0.238. The van der Waals surface area contributed by atoms with Gasteiger partial charge in [-0.1, -0.05) is 0 Å². The Hall–Kier alpha value is -3.55. The molecule has 2 heterocycles. The molecule has 0 radical (unpaired) electrons. The van der Waals surface area contributed by atoms with Crippen LogP contribution in [0, 0.1) is 5.82 Å². The number of carbonyl (C=O) groups excluding carboxylic acids is 2. The minimum atomic E-state index is -0.590. The van der Waals surface area contributed by atoms with Crippen LogP contribution in [0.3, 0.4) is 0 Å². The molecule has 0 fully saturated rings. The molecule has 0 saturated heterocycles. The van der Waals surface area contributed by atoms with Crippen LogP contribution in [0.25, 0.3) is 0 Å². The van der Waals surface area contributed by atoms with Crippen molar-refractivity contribution in [2.75, 3.05) is 25.7 Å². The molecule has 2 aromatic rings. The smallest absolute Gasteiger partial charge is 0.336 e. The van der Waals surface area contributed by atoms with Crippen molar-refractivity contribution in [3.63, 3.8) is 0 Å². The van der Waals surface area contributed by atoms with Crippen LogP contribution in [0.5, 0.6) is 17.2 Å². The second-order valence-electron chi connectivity index (χ2n) is 6.67. The third kappa shape index (κ3) is 3.06.